The number of halogens is 4. The monoisotopic (exact) mass is 274 g/mol. The third-order valence-electron chi connectivity index (χ3n) is 2.48. The molecular formula is C12H10ClF3N2. The molecule has 2 rings (SSSR count). The number of benzene rings is 1. The molecule has 2 nitrogen and oxygen atoms in total. The second-order valence-corrected chi connectivity index (χ2v) is 4.21. The third-order valence-corrected chi connectivity index (χ3v) is 2.79. The highest BCUT2D eigenvalue weighted by Crippen LogP contribution is 2.34. The van der Waals surface area contributed by atoms with Gasteiger partial charge in [0, 0.05) is 12.1 Å². The Morgan fingerprint density at radius 3 is 2.56 bits per heavy atom. The molecule has 0 unspecified atom stereocenters. The van der Waals surface area contributed by atoms with Crippen molar-refractivity contribution in [1.29, 1.82) is 0 Å². The zero-order valence-corrected chi connectivity index (χ0v) is 10.3. The molecule has 0 atom stereocenters. The minimum absolute atomic E-state index is 0.00414. The predicted molar refractivity (Wildman–Crippen MR) is 62.9 cm³/mol. The van der Waals surface area contributed by atoms with Gasteiger partial charge in [0.1, 0.15) is 0 Å². The first kappa shape index (κ1) is 13.0. The maximum Gasteiger partial charge on any atom is 0.418 e. The van der Waals surface area contributed by atoms with Gasteiger partial charge in [-0.1, -0.05) is 6.07 Å². The van der Waals surface area contributed by atoms with Crippen LogP contribution in [0.1, 0.15) is 16.7 Å². The van der Waals surface area contributed by atoms with Gasteiger partial charge in [0.2, 0.25) is 0 Å². The van der Waals surface area contributed by atoms with Gasteiger partial charge >= 0.3 is 6.18 Å². The van der Waals surface area contributed by atoms with Crippen molar-refractivity contribution in [3.05, 3.63) is 47.3 Å². The summed E-state index contributed by atoms with van der Waals surface area (Å²) in [6, 6.07) is 4.00. The first-order chi connectivity index (χ1) is 8.41. The van der Waals surface area contributed by atoms with Crippen LogP contribution in [-0.4, -0.2) is 9.78 Å². The van der Waals surface area contributed by atoms with E-state index in [1.807, 2.05) is 0 Å². The molecule has 0 saturated heterocycles. The Labute approximate surface area is 107 Å². The van der Waals surface area contributed by atoms with Crippen molar-refractivity contribution in [2.24, 2.45) is 0 Å². The summed E-state index contributed by atoms with van der Waals surface area (Å²) in [7, 11) is 0. The number of hydrogen-bond acceptors (Lipinski definition) is 1. The van der Waals surface area contributed by atoms with Gasteiger partial charge in [0.05, 0.1) is 17.4 Å². The fourth-order valence-corrected chi connectivity index (χ4v) is 1.80. The molecule has 1 aromatic carbocycles. The van der Waals surface area contributed by atoms with Crippen molar-refractivity contribution in [3.63, 3.8) is 0 Å². The van der Waals surface area contributed by atoms with E-state index in [-0.39, 0.29) is 11.6 Å². The molecule has 96 valence electrons. The zero-order valence-electron chi connectivity index (χ0n) is 9.50. The summed E-state index contributed by atoms with van der Waals surface area (Å²) in [5.74, 6) is 0.0431. The summed E-state index contributed by atoms with van der Waals surface area (Å²) in [5.41, 5.74) is 0.495. The minimum Gasteiger partial charge on any atom is -0.240 e. The first-order valence-corrected chi connectivity index (χ1v) is 5.73. The highest BCUT2D eigenvalue weighted by Gasteiger charge is 2.34. The average Bonchev–Trinajstić information content (AvgIpc) is 2.74. The lowest BCUT2D eigenvalue weighted by Gasteiger charge is -2.13. The van der Waals surface area contributed by atoms with E-state index in [0.717, 1.165) is 11.6 Å². The van der Waals surface area contributed by atoms with Crippen molar-refractivity contribution in [2.75, 3.05) is 0 Å². The standard InChI is InChI=1S/C12H10ClF3N2/c1-8-6-17-18(7-8)11-3-2-9(5-13)4-10(11)12(14,15)16/h2-4,6-7H,5H2,1H3. The van der Waals surface area contributed by atoms with E-state index in [4.69, 9.17) is 11.6 Å². The van der Waals surface area contributed by atoms with Crippen molar-refractivity contribution >= 4 is 11.6 Å². The van der Waals surface area contributed by atoms with Crippen LogP contribution in [-0.2, 0) is 12.1 Å². The predicted octanol–water partition coefficient (Wildman–Crippen LogP) is 3.94. The van der Waals surface area contributed by atoms with Crippen LogP contribution < -0.4 is 0 Å². The summed E-state index contributed by atoms with van der Waals surface area (Å²) in [6.45, 7) is 1.77. The van der Waals surface area contributed by atoms with Crippen LogP contribution in [0, 0.1) is 6.92 Å². The normalized spacial score (nSPS) is 11.8. The molecule has 0 aliphatic carbocycles. The maximum atomic E-state index is 13.0. The molecule has 0 saturated carbocycles. The van der Waals surface area contributed by atoms with Crippen LogP contribution in [0.3, 0.4) is 0 Å². The van der Waals surface area contributed by atoms with Gasteiger partial charge in [0.15, 0.2) is 0 Å². The number of aromatic nitrogens is 2. The van der Waals surface area contributed by atoms with Gasteiger partial charge in [-0.15, -0.1) is 11.6 Å². The lowest BCUT2D eigenvalue weighted by atomic mass is 10.1. The Morgan fingerprint density at radius 1 is 1.33 bits per heavy atom. The molecule has 0 aliphatic heterocycles. The highest BCUT2D eigenvalue weighted by molar-refractivity contribution is 6.17. The van der Waals surface area contributed by atoms with Crippen molar-refractivity contribution in [2.45, 2.75) is 19.0 Å². The van der Waals surface area contributed by atoms with E-state index < -0.39 is 11.7 Å². The minimum atomic E-state index is -4.43. The van der Waals surface area contributed by atoms with Gasteiger partial charge in [0.25, 0.3) is 0 Å². The molecule has 18 heavy (non-hydrogen) atoms. The third kappa shape index (κ3) is 2.51. The summed E-state index contributed by atoms with van der Waals surface area (Å²) < 4.78 is 40.1. The van der Waals surface area contributed by atoms with Crippen LogP contribution in [0.2, 0.25) is 0 Å². The second kappa shape index (κ2) is 4.65. The molecule has 0 fully saturated rings. The molecule has 0 aliphatic rings. The van der Waals surface area contributed by atoms with Crippen LogP contribution in [0.4, 0.5) is 13.2 Å². The number of rotatable bonds is 2. The summed E-state index contributed by atoms with van der Waals surface area (Å²) in [5, 5.41) is 3.90. The molecule has 6 heteroatoms. The summed E-state index contributed by atoms with van der Waals surface area (Å²) in [6.07, 6.45) is -1.38. The molecule has 0 spiro atoms. The Morgan fingerprint density at radius 2 is 2.06 bits per heavy atom. The molecule has 0 amide bonds. The van der Waals surface area contributed by atoms with E-state index in [2.05, 4.69) is 5.10 Å². The second-order valence-electron chi connectivity index (χ2n) is 3.95. The number of alkyl halides is 4. The number of nitrogens with zero attached hydrogens (tertiary/aromatic N) is 2. The van der Waals surface area contributed by atoms with E-state index >= 15 is 0 Å². The van der Waals surface area contributed by atoms with Gasteiger partial charge in [-0.05, 0) is 30.2 Å². The van der Waals surface area contributed by atoms with Gasteiger partial charge in [-0.25, -0.2) is 4.68 Å². The SMILES string of the molecule is Cc1cnn(-c2ccc(CCl)cc2C(F)(F)F)c1. The fraction of sp³-hybridized carbons (Fsp3) is 0.250. The van der Waals surface area contributed by atoms with Crippen LogP contribution in [0.15, 0.2) is 30.6 Å². The van der Waals surface area contributed by atoms with Gasteiger partial charge in [-0.3, -0.25) is 0 Å². The van der Waals surface area contributed by atoms with E-state index in [1.54, 1.807) is 19.2 Å². The Kier molecular flexibility index (Phi) is 3.34. The van der Waals surface area contributed by atoms with E-state index in [1.165, 1.54) is 16.9 Å². The molecule has 1 heterocycles. The van der Waals surface area contributed by atoms with Crippen molar-refractivity contribution in [1.82, 2.24) is 9.78 Å². The van der Waals surface area contributed by atoms with Crippen molar-refractivity contribution < 1.29 is 13.2 Å². The molecule has 0 bridgehead atoms. The van der Waals surface area contributed by atoms with Crippen LogP contribution >= 0.6 is 11.6 Å². The van der Waals surface area contributed by atoms with Gasteiger partial charge < -0.3 is 0 Å². The lowest BCUT2D eigenvalue weighted by Crippen LogP contribution is -2.11. The van der Waals surface area contributed by atoms with Crippen LogP contribution in [0.25, 0.3) is 5.69 Å². The maximum absolute atomic E-state index is 13.0. The average molecular weight is 275 g/mol. The molecule has 0 radical (unpaired) electrons. The fourth-order valence-electron chi connectivity index (χ4n) is 1.64. The summed E-state index contributed by atoms with van der Waals surface area (Å²) >= 11 is 5.56. The quantitative estimate of drug-likeness (QED) is 0.759. The Bertz CT molecular complexity index is 561. The number of aryl methyl sites for hydroxylation is 1. The molecule has 2 aromatic rings. The summed E-state index contributed by atoms with van der Waals surface area (Å²) in [4.78, 5) is 0. The Hall–Kier alpha value is -1.49. The molecular weight excluding hydrogens is 265 g/mol. The number of hydrogen-bond donors (Lipinski definition) is 0. The highest BCUT2D eigenvalue weighted by atomic mass is 35.5. The van der Waals surface area contributed by atoms with E-state index in [9.17, 15) is 13.2 Å². The molecule has 0 N–H and O–H groups in total. The smallest absolute Gasteiger partial charge is 0.240 e. The zero-order chi connectivity index (χ0) is 13.3. The van der Waals surface area contributed by atoms with Gasteiger partial charge in [-0.2, -0.15) is 18.3 Å². The largest absolute Gasteiger partial charge is 0.418 e. The van der Waals surface area contributed by atoms with Crippen molar-refractivity contribution in [3.8, 4) is 5.69 Å². The lowest BCUT2D eigenvalue weighted by molar-refractivity contribution is -0.137. The van der Waals surface area contributed by atoms with E-state index in [0.29, 0.717) is 5.56 Å². The van der Waals surface area contributed by atoms with Crippen LogP contribution in [0.5, 0.6) is 0 Å². The first-order valence-electron chi connectivity index (χ1n) is 5.19. The Balaban J connectivity index is 2.60. The molecule has 1 aromatic heterocycles. The topological polar surface area (TPSA) is 17.8 Å².